The maximum absolute atomic E-state index is 5.50. The number of H-pyrrole nitrogens is 1. The van der Waals surface area contributed by atoms with E-state index in [0.717, 1.165) is 39.1 Å². The predicted octanol–water partition coefficient (Wildman–Crippen LogP) is 4.47. The maximum atomic E-state index is 5.50. The zero-order valence-corrected chi connectivity index (χ0v) is 13.3. The lowest BCUT2D eigenvalue weighted by Crippen LogP contribution is -1.89. The maximum Gasteiger partial charge on any atom is 0.258 e. The Morgan fingerprint density at radius 3 is 2.88 bits per heavy atom. The molecule has 1 N–H and O–H groups in total. The Hall–Kier alpha value is -2.95. The second kappa shape index (κ2) is 5.03. The van der Waals surface area contributed by atoms with Crippen molar-refractivity contribution < 1.29 is 4.52 Å². The summed E-state index contributed by atoms with van der Waals surface area (Å²) in [6, 6.07) is 12.4. The van der Waals surface area contributed by atoms with Crippen molar-refractivity contribution >= 4 is 11.0 Å². The summed E-state index contributed by atoms with van der Waals surface area (Å²) >= 11 is 0. The van der Waals surface area contributed by atoms with Crippen LogP contribution in [-0.4, -0.2) is 20.1 Å². The van der Waals surface area contributed by atoms with Gasteiger partial charge in [-0.25, -0.2) is 4.98 Å². The lowest BCUT2D eigenvalue weighted by Gasteiger charge is -2.09. The molecule has 24 heavy (non-hydrogen) atoms. The number of nitrogens with zero attached hydrogens (tertiary/aromatic N) is 3. The second-order valence-electron chi connectivity index (χ2n) is 6.34. The molecule has 1 aliphatic carbocycles. The van der Waals surface area contributed by atoms with Crippen LogP contribution in [0.5, 0.6) is 0 Å². The first kappa shape index (κ1) is 13.5. The lowest BCUT2D eigenvalue weighted by atomic mass is 9.96. The zero-order chi connectivity index (χ0) is 16.1. The van der Waals surface area contributed by atoms with E-state index in [0.29, 0.717) is 11.8 Å². The molecule has 2 aromatic heterocycles. The molecule has 0 spiro atoms. The molecule has 5 nitrogen and oxygen atoms in total. The van der Waals surface area contributed by atoms with Crippen molar-refractivity contribution in [3.05, 3.63) is 54.1 Å². The molecule has 1 aliphatic rings. The predicted molar refractivity (Wildman–Crippen MR) is 91.5 cm³/mol. The first-order valence-corrected chi connectivity index (χ1v) is 8.17. The molecule has 0 amide bonds. The molecular formula is C19H16N4O. The Kier molecular flexibility index (Phi) is 2.82. The van der Waals surface area contributed by atoms with Gasteiger partial charge in [0.2, 0.25) is 0 Å². The zero-order valence-electron chi connectivity index (χ0n) is 13.3. The molecule has 0 radical (unpaired) electrons. The highest BCUT2D eigenvalue weighted by Crippen LogP contribution is 2.39. The Morgan fingerprint density at radius 2 is 2.00 bits per heavy atom. The monoisotopic (exact) mass is 316 g/mol. The van der Waals surface area contributed by atoms with Crippen molar-refractivity contribution in [3.8, 4) is 22.6 Å². The molecule has 0 saturated heterocycles. The summed E-state index contributed by atoms with van der Waals surface area (Å²) in [5.41, 5.74) is 6.45. The van der Waals surface area contributed by atoms with Crippen molar-refractivity contribution in [1.29, 1.82) is 0 Å². The van der Waals surface area contributed by atoms with Gasteiger partial charge in [-0.1, -0.05) is 23.4 Å². The molecule has 118 valence electrons. The fourth-order valence-electron chi connectivity index (χ4n) is 3.13. The quantitative estimate of drug-likeness (QED) is 0.605. The van der Waals surface area contributed by atoms with Crippen molar-refractivity contribution in [3.63, 3.8) is 0 Å². The normalized spacial score (nSPS) is 14.4. The topological polar surface area (TPSA) is 67.6 Å². The van der Waals surface area contributed by atoms with Crippen LogP contribution in [0.25, 0.3) is 33.6 Å². The van der Waals surface area contributed by atoms with E-state index in [4.69, 9.17) is 4.52 Å². The van der Waals surface area contributed by atoms with E-state index in [1.807, 2.05) is 18.2 Å². The highest BCUT2D eigenvalue weighted by molar-refractivity contribution is 5.84. The highest BCUT2D eigenvalue weighted by Gasteiger charge is 2.29. The number of rotatable bonds is 3. The summed E-state index contributed by atoms with van der Waals surface area (Å²) in [6.07, 6.45) is 4.06. The molecule has 0 unspecified atom stereocenters. The SMILES string of the molecule is Cc1c(-c2ccc3nc[nH]c3c2)cccc1-c1nc(C2CC2)no1. The van der Waals surface area contributed by atoms with Crippen LogP contribution in [0, 0.1) is 6.92 Å². The standard InChI is InChI=1S/C19H16N4O/c1-11-14(13-7-8-16-17(9-13)21-10-20-16)3-2-4-15(11)19-22-18(23-24-19)12-5-6-12/h2-4,7-10,12H,5-6H2,1H3,(H,20,21). The average molecular weight is 316 g/mol. The van der Waals surface area contributed by atoms with Crippen molar-refractivity contribution in [2.24, 2.45) is 0 Å². The molecule has 5 heteroatoms. The number of aromatic nitrogens is 4. The third-order valence-corrected chi connectivity index (χ3v) is 4.68. The van der Waals surface area contributed by atoms with Crippen molar-refractivity contribution in [2.75, 3.05) is 0 Å². The average Bonchev–Trinajstić information content (AvgIpc) is 3.15. The fraction of sp³-hybridized carbons (Fsp3) is 0.211. The van der Waals surface area contributed by atoms with Gasteiger partial charge in [-0.3, -0.25) is 0 Å². The minimum Gasteiger partial charge on any atom is -0.345 e. The van der Waals surface area contributed by atoms with Crippen molar-refractivity contribution in [1.82, 2.24) is 20.1 Å². The van der Waals surface area contributed by atoms with Gasteiger partial charge in [0.25, 0.3) is 5.89 Å². The molecule has 1 fully saturated rings. The molecule has 0 aliphatic heterocycles. The Balaban J connectivity index is 1.61. The third-order valence-electron chi connectivity index (χ3n) is 4.68. The molecule has 0 bridgehead atoms. The van der Waals surface area contributed by atoms with Gasteiger partial charge in [-0.05, 0) is 54.7 Å². The van der Waals surface area contributed by atoms with Gasteiger partial charge in [0.1, 0.15) is 0 Å². The first-order chi connectivity index (χ1) is 11.8. The van der Waals surface area contributed by atoms with E-state index in [-0.39, 0.29) is 0 Å². The summed E-state index contributed by atoms with van der Waals surface area (Å²) in [4.78, 5) is 12.0. The summed E-state index contributed by atoms with van der Waals surface area (Å²) in [7, 11) is 0. The molecule has 4 aromatic rings. The molecule has 5 rings (SSSR count). The number of imidazole rings is 1. The minimum absolute atomic E-state index is 0.494. The van der Waals surface area contributed by atoms with Gasteiger partial charge in [-0.2, -0.15) is 4.98 Å². The molecule has 0 atom stereocenters. The van der Waals surface area contributed by atoms with E-state index in [1.165, 1.54) is 12.8 Å². The van der Waals surface area contributed by atoms with Crippen LogP contribution >= 0.6 is 0 Å². The molecule has 1 saturated carbocycles. The van der Waals surface area contributed by atoms with E-state index in [2.05, 4.69) is 45.2 Å². The van der Waals surface area contributed by atoms with E-state index in [1.54, 1.807) is 6.33 Å². The summed E-state index contributed by atoms with van der Waals surface area (Å²) in [5, 5.41) is 4.13. The van der Waals surface area contributed by atoms with Crippen LogP contribution in [0.3, 0.4) is 0 Å². The van der Waals surface area contributed by atoms with Crippen LogP contribution in [-0.2, 0) is 0 Å². The van der Waals surface area contributed by atoms with Gasteiger partial charge in [-0.15, -0.1) is 0 Å². The first-order valence-electron chi connectivity index (χ1n) is 8.17. The summed E-state index contributed by atoms with van der Waals surface area (Å²) < 4.78 is 5.50. The largest absolute Gasteiger partial charge is 0.345 e. The number of benzene rings is 2. The van der Waals surface area contributed by atoms with Crippen LogP contribution < -0.4 is 0 Å². The van der Waals surface area contributed by atoms with Crippen LogP contribution in [0.15, 0.2) is 47.2 Å². The summed E-state index contributed by atoms with van der Waals surface area (Å²) in [6.45, 7) is 2.10. The fourth-order valence-corrected chi connectivity index (χ4v) is 3.13. The molecular weight excluding hydrogens is 300 g/mol. The Morgan fingerprint density at radius 1 is 1.12 bits per heavy atom. The minimum atomic E-state index is 0.494. The van der Waals surface area contributed by atoms with Gasteiger partial charge in [0.15, 0.2) is 5.82 Å². The van der Waals surface area contributed by atoms with Crippen LogP contribution in [0.2, 0.25) is 0 Å². The Labute approximate surface area is 138 Å². The molecule has 2 heterocycles. The number of aromatic amines is 1. The molecule has 2 aromatic carbocycles. The number of fused-ring (bicyclic) bond motifs is 1. The number of nitrogens with one attached hydrogen (secondary N) is 1. The van der Waals surface area contributed by atoms with Gasteiger partial charge >= 0.3 is 0 Å². The second-order valence-corrected chi connectivity index (χ2v) is 6.34. The number of hydrogen-bond acceptors (Lipinski definition) is 4. The van der Waals surface area contributed by atoms with E-state index < -0.39 is 0 Å². The highest BCUT2D eigenvalue weighted by atomic mass is 16.5. The van der Waals surface area contributed by atoms with Gasteiger partial charge in [0.05, 0.1) is 17.4 Å². The van der Waals surface area contributed by atoms with Crippen LogP contribution in [0.4, 0.5) is 0 Å². The van der Waals surface area contributed by atoms with Gasteiger partial charge in [0, 0.05) is 11.5 Å². The van der Waals surface area contributed by atoms with Gasteiger partial charge < -0.3 is 9.51 Å². The lowest BCUT2D eigenvalue weighted by molar-refractivity contribution is 0.422. The van der Waals surface area contributed by atoms with E-state index in [9.17, 15) is 0 Å². The van der Waals surface area contributed by atoms with Crippen molar-refractivity contribution in [2.45, 2.75) is 25.7 Å². The van der Waals surface area contributed by atoms with Crippen LogP contribution in [0.1, 0.15) is 30.1 Å². The number of hydrogen-bond donors (Lipinski definition) is 1. The smallest absolute Gasteiger partial charge is 0.258 e. The Bertz CT molecular complexity index is 1040. The van der Waals surface area contributed by atoms with E-state index >= 15 is 0 Å². The third kappa shape index (κ3) is 2.12. The summed E-state index contributed by atoms with van der Waals surface area (Å²) in [5.74, 6) is 1.95.